The Balaban J connectivity index is 2.43. The van der Waals surface area contributed by atoms with Gasteiger partial charge in [0.25, 0.3) is 0 Å². The molecule has 0 saturated carbocycles. The smallest absolute Gasteiger partial charge is 0.224 e. The highest BCUT2D eigenvalue weighted by atomic mass is 16.3. The first-order valence-electron chi connectivity index (χ1n) is 5.20. The summed E-state index contributed by atoms with van der Waals surface area (Å²) in [6.07, 6.45) is 1.12. The fourth-order valence-corrected chi connectivity index (χ4v) is 1.34. The Morgan fingerprint density at radius 2 is 2.07 bits per heavy atom. The number of carbonyl (C=O) groups excluding carboxylic acids is 1. The molecule has 0 unspecified atom stereocenters. The molecule has 1 amide bonds. The molecule has 3 heteroatoms. The van der Waals surface area contributed by atoms with Crippen molar-refractivity contribution in [1.82, 2.24) is 5.32 Å². The maximum absolute atomic E-state index is 11.5. The Kier molecular flexibility index (Phi) is 4.84. The molecular formula is C12H17NO2. The average molecular weight is 207 g/mol. The summed E-state index contributed by atoms with van der Waals surface area (Å²) in [7, 11) is 0. The molecule has 15 heavy (non-hydrogen) atoms. The maximum Gasteiger partial charge on any atom is 0.224 e. The van der Waals surface area contributed by atoms with Gasteiger partial charge in [0.2, 0.25) is 5.91 Å². The summed E-state index contributed by atoms with van der Waals surface area (Å²) in [4.78, 5) is 11.5. The molecule has 0 bridgehead atoms. The molecule has 0 saturated heterocycles. The number of carbonyl (C=O) groups is 1. The molecule has 1 aromatic carbocycles. The minimum atomic E-state index is -0.124. The summed E-state index contributed by atoms with van der Waals surface area (Å²) in [5.41, 5.74) is 0.989. The predicted octanol–water partition coefficient (Wildman–Crippen LogP) is 1.12. The largest absolute Gasteiger partial charge is 0.394 e. The molecule has 0 heterocycles. The second kappa shape index (κ2) is 6.19. The lowest BCUT2D eigenvalue weighted by atomic mass is 10.1. The van der Waals surface area contributed by atoms with Crippen molar-refractivity contribution in [3.8, 4) is 0 Å². The monoisotopic (exact) mass is 207 g/mol. The van der Waals surface area contributed by atoms with Crippen LogP contribution < -0.4 is 5.32 Å². The Labute approximate surface area is 90.1 Å². The quantitative estimate of drug-likeness (QED) is 0.760. The summed E-state index contributed by atoms with van der Waals surface area (Å²) in [6, 6.07) is 9.45. The normalized spacial score (nSPS) is 12.1. The van der Waals surface area contributed by atoms with Crippen LogP contribution in [0.3, 0.4) is 0 Å². The third-order valence-corrected chi connectivity index (χ3v) is 2.29. The van der Waals surface area contributed by atoms with E-state index in [-0.39, 0.29) is 18.6 Å². The average Bonchev–Trinajstić information content (AvgIpc) is 2.27. The van der Waals surface area contributed by atoms with Crippen molar-refractivity contribution in [1.29, 1.82) is 0 Å². The minimum absolute atomic E-state index is 0.00295. The highest BCUT2D eigenvalue weighted by molar-refractivity contribution is 5.78. The molecule has 0 spiro atoms. The van der Waals surface area contributed by atoms with Gasteiger partial charge in [-0.3, -0.25) is 4.79 Å². The highest BCUT2D eigenvalue weighted by Gasteiger charge is 2.08. The Hall–Kier alpha value is -1.35. The van der Waals surface area contributed by atoms with Gasteiger partial charge in [0.15, 0.2) is 0 Å². The van der Waals surface area contributed by atoms with Crippen LogP contribution in [0.4, 0.5) is 0 Å². The fraction of sp³-hybridized carbons (Fsp3) is 0.417. The van der Waals surface area contributed by atoms with E-state index in [1.807, 2.05) is 37.3 Å². The van der Waals surface area contributed by atoms with Gasteiger partial charge < -0.3 is 10.4 Å². The molecule has 0 radical (unpaired) electrons. The topological polar surface area (TPSA) is 49.3 Å². The van der Waals surface area contributed by atoms with E-state index in [0.29, 0.717) is 6.42 Å². The lowest BCUT2D eigenvalue weighted by Crippen LogP contribution is -2.37. The summed E-state index contributed by atoms with van der Waals surface area (Å²) < 4.78 is 0. The van der Waals surface area contributed by atoms with Gasteiger partial charge in [-0.15, -0.1) is 0 Å². The molecule has 1 aromatic rings. The van der Waals surface area contributed by atoms with Crippen molar-refractivity contribution < 1.29 is 9.90 Å². The van der Waals surface area contributed by atoms with Gasteiger partial charge in [-0.25, -0.2) is 0 Å². The molecule has 2 N–H and O–H groups in total. The lowest BCUT2D eigenvalue weighted by Gasteiger charge is -2.13. The Morgan fingerprint density at radius 3 is 2.60 bits per heavy atom. The van der Waals surface area contributed by atoms with Gasteiger partial charge in [-0.05, 0) is 12.0 Å². The first-order valence-corrected chi connectivity index (χ1v) is 5.20. The van der Waals surface area contributed by atoms with Gasteiger partial charge in [0.05, 0.1) is 19.1 Å². The van der Waals surface area contributed by atoms with Crippen LogP contribution in [0, 0.1) is 0 Å². The Morgan fingerprint density at radius 1 is 1.40 bits per heavy atom. The number of rotatable bonds is 5. The third-order valence-electron chi connectivity index (χ3n) is 2.29. The first-order chi connectivity index (χ1) is 7.26. The van der Waals surface area contributed by atoms with E-state index in [9.17, 15) is 4.79 Å². The second-order valence-corrected chi connectivity index (χ2v) is 3.52. The molecule has 1 atom stereocenters. The van der Waals surface area contributed by atoms with Crippen molar-refractivity contribution >= 4 is 5.91 Å². The van der Waals surface area contributed by atoms with Crippen LogP contribution >= 0.6 is 0 Å². The maximum atomic E-state index is 11.5. The van der Waals surface area contributed by atoms with Crippen LogP contribution in [0.1, 0.15) is 18.9 Å². The molecule has 3 nitrogen and oxygen atoms in total. The zero-order chi connectivity index (χ0) is 11.1. The SMILES string of the molecule is CC[C@H](CO)NC(=O)Cc1ccccc1. The zero-order valence-corrected chi connectivity index (χ0v) is 8.94. The van der Waals surface area contributed by atoms with Crippen LogP contribution in [0.25, 0.3) is 0 Å². The van der Waals surface area contributed by atoms with Crippen LogP contribution in [0.2, 0.25) is 0 Å². The van der Waals surface area contributed by atoms with E-state index >= 15 is 0 Å². The van der Waals surface area contributed by atoms with Crippen molar-refractivity contribution in [2.75, 3.05) is 6.61 Å². The highest BCUT2D eigenvalue weighted by Crippen LogP contribution is 2.00. The van der Waals surface area contributed by atoms with Crippen LogP contribution in [-0.4, -0.2) is 23.7 Å². The predicted molar refractivity (Wildman–Crippen MR) is 59.5 cm³/mol. The van der Waals surface area contributed by atoms with Crippen LogP contribution in [-0.2, 0) is 11.2 Å². The minimum Gasteiger partial charge on any atom is -0.394 e. The third kappa shape index (κ3) is 4.13. The molecule has 0 fully saturated rings. The number of nitrogens with one attached hydrogen (secondary N) is 1. The van der Waals surface area contributed by atoms with Gasteiger partial charge in [-0.2, -0.15) is 0 Å². The zero-order valence-electron chi connectivity index (χ0n) is 8.94. The molecule has 0 aliphatic heterocycles. The molecule has 82 valence electrons. The number of hydrogen-bond donors (Lipinski definition) is 2. The summed E-state index contributed by atoms with van der Waals surface area (Å²) in [5, 5.41) is 11.7. The molecule has 0 aliphatic carbocycles. The van der Waals surface area contributed by atoms with E-state index in [0.717, 1.165) is 12.0 Å². The number of amides is 1. The van der Waals surface area contributed by atoms with E-state index in [1.165, 1.54) is 0 Å². The van der Waals surface area contributed by atoms with Gasteiger partial charge in [0, 0.05) is 0 Å². The van der Waals surface area contributed by atoms with Gasteiger partial charge in [-0.1, -0.05) is 37.3 Å². The number of aliphatic hydroxyl groups excluding tert-OH is 1. The molecule has 0 aliphatic rings. The van der Waals surface area contributed by atoms with Crippen molar-refractivity contribution in [3.05, 3.63) is 35.9 Å². The van der Waals surface area contributed by atoms with E-state index < -0.39 is 0 Å². The summed E-state index contributed by atoms with van der Waals surface area (Å²) >= 11 is 0. The van der Waals surface area contributed by atoms with Crippen molar-refractivity contribution in [2.24, 2.45) is 0 Å². The van der Waals surface area contributed by atoms with Gasteiger partial charge >= 0.3 is 0 Å². The van der Waals surface area contributed by atoms with E-state index in [4.69, 9.17) is 5.11 Å². The van der Waals surface area contributed by atoms with Crippen LogP contribution in [0.15, 0.2) is 30.3 Å². The number of aliphatic hydroxyl groups is 1. The Bertz CT molecular complexity index is 294. The molecule has 1 rings (SSSR count). The van der Waals surface area contributed by atoms with Gasteiger partial charge in [0.1, 0.15) is 0 Å². The summed E-state index contributed by atoms with van der Waals surface area (Å²) in [5.74, 6) is -0.0397. The van der Waals surface area contributed by atoms with Crippen molar-refractivity contribution in [2.45, 2.75) is 25.8 Å². The van der Waals surface area contributed by atoms with E-state index in [1.54, 1.807) is 0 Å². The summed E-state index contributed by atoms with van der Waals surface area (Å²) in [6.45, 7) is 1.93. The first kappa shape index (κ1) is 11.7. The number of hydrogen-bond acceptors (Lipinski definition) is 2. The molecular weight excluding hydrogens is 190 g/mol. The van der Waals surface area contributed by atoms with E-state index in [2.05, 4.69) is 5.32 Å². The second-order valence-electron chi connectivity index (χ2n) is 3.52. The lowest BCUT2D eigenvalue weighted by molar-refractivity contribution is -0.121. The van der Waals surface area contributed by atoms with Crippen LogP contribution in [0.5, 0.6) is 0 Å². The fourth-order valence-electron chi connectivity index (χ4n) is 1.34. The number of benzene rings is 1. The van der Waals surface area contributed by atoms with Crippen molar-refractivity contribution in [3.63, 3.8) is 0 Å². The standard InChI is InChI=1S/C12H17NO2/c1-2-11(9-14)13-12(15)8-10-6-4-3-5-7-10/h3-7,11,14H,2,8-9H2,1H3,(H,13,15)/t11-/m1/s1. The molecule has 0 aromatic heterocycles.